The number of fused-ring (bicyclic) bond motifs is 1. The third-order valence-corrected chi connectivity index (χ3v) is 5.18. The highest BCUT2D eigenvalue weighted by Crippen LogP contribution is 2.18. The molecule has 1 aliphatic rings. The Kier molecular flexibility index (Phi) is 5.69. The van der Waals surface area contributed by atoms with E-state index >= 15 is 0 Å². The van der Waals surface area contributed by atoms with Crippen molar-refractivity contribution in [2.24, 2.45) is 0 Å². The van der Waals surface area contributed by atoms with Crippen molar-refractivity contribution in [1.82, 2.24) is 14.7 Å². The molecule has 4 rings (SSSR count). The molecule has 0 unspecified atom stereocenters. The molecule has 6 heteroatoms. The van der Waals surface area contributed by atoms with Gasteiger partial charge in [-0.3, -0.25) is 14.4 Å². The number of rotatable bonds is 6. The first-order valence-electron chi connectivity index (χ1n) is 9.79. The van der Waals surface area contributed by atoms with Gasteiger partial charge in [0.15, 0.2) is 0 Å². The highest BCUT2D eigenvalue weighted by Gasteiger charge is 2.12. The molecule has 6 nitrogen and oxygen atoms in total. The van der Waals surface area contributed by atoms with Gasteiger partial charge < -0.3 is 10.1 Å². The van der Waals surface area contributed by atoms with Crippen molar-refractivity contribution in [3.8, 4) is 0 Å². The molecular formula is C22H26N4O2. The number of hydrogen-bond acceptors (Lipinski definition) is 4. The minimum Gasteiger partial charge on any atom is -0.379 e. The highest BCUT2D eigenvalue weighted by molar-refractivity contribution is 5.91. The molecule has 1 aliphatic heterocycles. The van der Waals surface area contributed by atoms with Gasteiger partial charge in [-0.1, -0.05) is 24.3 Å². The molecule has 1 N–H and O–H groups in total. The summed E-state index contributed by atoms with van der Waals surface area (Å²) in [5.41, 5.74) is 4.32. The maximum absolute atomic E-state index is 12.4. The van der Waals surface area contributed by atoms with Gasteiger partial charge in [-0.05, 0) is 36.2 Å². The van der Waals surface area contributed by atoms with Crippen LogP contribution >= 0.6 is 0 Å². The van der Waals surface area contributed by atoms with Crippen molar-refractivity contribution < 1.29 is 9.53 Å². The zero-order chi connectivity index (χ0) is 19.3. The van der Waals surface area contributed by atoms with Crippen LogP contribution in [-0.4, -0.2) is 46.9 Å². The predicted molar refractivity (Wildman–Crippen MR) is 110 cm³/mol. The number of benzene rings is 2. The molecule has 1 fully saturated rings. The van der Waals surface area contributed by atoms with E-state index in [2.05, 4.69) is 40.4 Å². The van der Waals surface area contributed by atoms with Crippen LogP contribution in [0.15, 0.2) is 48.7 Å². The van der Waals surface area contributed by atoms with Gasteiger partial charge in [0.05, 0.1) is 31.5 Å². The molecule has 1 amide bonds. The van der Waals surface area contributed by atoms with Gasteiger partial charge >= 0.3 is 0 Å². The molecule has 0 bridgehead atoms. The summed E-state index contributed by atoms with van der Waals surface area (Å²) in [5.74, 6) is -0.000162. The second kappa shape index (κ2) is 8.54. The number of aromatic nitrogens is 2. The fourth-order valence-electron chi connectivity index (χ4n) is 3.62. The van der Waals surface area contributed by atoms with E-state index in [4.69, 9.17) is 4.74 Å². The monoisotopic (exact) mass is 378 g/mol. The zero-order valence-electron chi connectivity index (χ0n) is 16.2. The summed E-state index contributed by atoms with van der Waals surface area (Å²) in [6.45, 7) is 7.00. The van der Waals surface area contributed by atoms with Crippen LogP contribution in [0.25, 0.3) is 10.9 Å². The van der Waals surface area contributed by atoms with Crippen molar-refractivity contribution in [1.29, 1.82) is 0 Å². The third kappa shape index (κ3) is 4.40. The van der Waals surface area contributed by atoms with Gasteiger partial charge in [-0.2, -0.15) is 5.10 Å². The number of anilines is 1. The summed E-state index contributed by atoms with van der Waals surface area (Å²) in [6, 6.07) is 14.2. The van der Waals surface area contributed by atoms with Gasteiger partial charge in [-0.25, -0.2) is 0 Å². The van der Waals surface area contributed by atoms with Gasteiger partial charge in [0, 0.05) is 37.1 Å². The Morgan fingerprint density at radius 1 is 1.18 bits per heavy atom. The Morgan fingerprint density at radius 2 is 2.00 bits per heavy atom. The zero-order valence-corrected chi connectivity index (χ0v) is 16.2. The Hall–Kier alpha value is -2.70. The fraction of sp³-hybridized carbons (Fsp3) is 0.364. The van der Waals surface area contributed by atoms with E-state index in [1.54, 1.807) is 0 Å². The molecule has 0 aliphatic carbocycles. The number of carbonyl (C=O) groups is 1. The molecule has 0 atom stereocenters. The molecule has 146 valence electrons. The molecule has 28 heavy (non-hydrogen) atoms. The van der Waals surface area contributed by atoms with Crippen LogP contribution in [0.5, 0.6) is 0 Å². The Bertz CT molecular complexity index is 960. The number of hydrogen-bond donors (Lipinski definition) is 1. The predicted octanol–water partition coefficient (Wildman–Crippen LogP) is 3.21. The molecule has 3 aromatic rings. The largest absolute Gasteiger partial charge is 0.379 e. The fourth-order valence-corrected chi connectivity index (χ4v) is 3.62. The van der Waals surface area contributed by atoms with Gasteiger partial charge in [0.25, 0.3) is 0 Å². The number of carbonyl (C=O) groups excluding carboxylic acids is 1. The van der Waals surface area contributed by atoms with Crippen molar-refractivity contribution >= 4 is 22.5 Å². The normalized spacial score (nSPS) is 15.0. The van der Waals surface area contributed by atoms with E-state index in [0.717, 1.165) is 49.4 Å². The van der Waals surface area contributed by atoms with E-state index in [0.29, 0.717) is 13.0 Å². The summed E-state index contributed by atoms with van der Waals surface area (Å²) in [5, 5.41) is 8.59. The van der Waals surface area contributed by atoms with Gasteiger partial charge in [0.2, 0.25) is 5.91 Å². The summed E-state index contributed by atoms with van der Waals surface area (Å²) in [6.07, 6.45) is 2.26. The number of nitrogens with zero attached hydrogens (tertiary/aromatic N) is 3. The standard InChI is InChI=1S/C22H26N4O2/c1-17-4-2-7-21-20(17)15-23-26(21)9-8-22(27)24-19-6-3-5-18(14-19)16-25-10-12-28-13-11-25/h2-7,14-15H,8-13,16H2,1H3,(H,24,27). The van der Waals surface area contributed by atoms with Crippen molar-refractivity contribution in [2.75, 3.05) is 31.6 Å². The van der Waals surface area contributed by atoms with Crippen molar-refractivity contribution in [3.63, 3.8) is 0 Å². The van der Waals surface area contributed by atoms with E-state index in [1.165, 1.54) is 11.1 Å². The van der Waals surface area contributed by atoms with E-state index < -0.39 is 0 Å². The minimum absolute atomic E-state index is 0.000162. The molecule has 2 aromatic carbocycles. The van der Waals surface area contributed by atoms with Gasteiger partial charge in [-0.15, -0.1) is 0 Å². The van der Waals surface area contributed by atoms with Gasteiger partial charge in [0.1, 0.15) is 0 Å². The van der Waals surface area contributed by atoms with Crippen LogP contribution < -0.4 is 5.32 Å². The average Bonchev–Trinajstić information content (AvgIpc) is 3.12. The minimum atomic E-state index is -0.000162. The Labute approximate surface area is 165 Å². The van der Waals surface area contributed by atoms with Crippen LogP contribution in [0.2, 0.25) is 0 Å². The lowest BCUT2D eigenvalue weighted by molar-refractivity contribution is -0.116. The first-order chi connectivity index (χ1) is 13.7. The Balaban J connectivity index is 1.34. The summed E-state index contributed by atoms with van der Waals surface area (Å²) in [7, 11) is 0. The SMILES string of the molecule is Cc1cccc2c1cnn2CCC(=O)Nc1cccc(CN2CCOCC2)c1. The highest BCUT2D eigenvalue weighted by atomic mass is 16.5. The lowest BCUT2D eigenvalue weighted by Gasteiger charge is -2.26. The molecule has 1 saturated heterocycles. The van der Waals surface area contributed by atoms with Crippen molar-refractivity contribution in [2.45, 2.75) is 26.4 Å². The molecule has 0 spiro atoms. The maximum atomic E-state index is 12.4. The summed E-state index contributed by atoms with van der Waals surface area (Å²) in [4.78, 5) is 14.8. The second-order valence-electron chi connectivity index (χ2n) is 7.26. The number of amides is 1. The maximum Gasteiger partial charge on any atom is 0.226 e. The quantitative estimate of drug-likeness (QED) is 0.716. The first-order valence-corrected chi connectivity index (χ1v) is 9.79. The summed E-state index contributed by atoms with van der Waals surface area (Å²) >= 11 is 0. The van der Waals surface area contributed by atoms with Crippen molar-refractivity contribution in [3.05, 3.63) is 59.8 Å². The van der Waals surface area contributed by atoms with Crippen LogP contribution in [0, 0.1) is 6.92 Å². The van der Waals surface area contributed by atoms with E-state index in [-0.39, 0.29) is 5.91 Å². The molecule has 1 aromatic heterocycles. The number of morpholine rings is 1. The molecule has 2 heterocycles. The second-order valence-corrected chi connectivity index (χ2v) is 7.26. The summed E-state index contributed by atoms with van der Waals surface area (Å²) < 4.78 is 7.30. The Morgan fingerprint density at radius 3 is 2.86 bits per heavy atom. The molecule has 0 saturated carbocycles. The molecule has 0 radical (unpaired) electrons. The number of aryl methyl sites for hydroxylation is 2. The van der Waals surface area contributed by atoms with E-state index in [1.807, 2.05) is 35.1 Å². The lowest BCUT2D eigenvalue weighted by atomic mass is 10.1. The first kappa shape index (κ1) is 18.7. The number of nitrogens with one attached hydrogen (secondary N) is 1. The molecular weight excluding hydrogens is 352 g/mol. The number of ether oxygens (including phenoxy) is 1. The van der Waals surface area contributed by atoms with Crippen LogP contribution in [0.1, 0.15) is 17.5 Å². The lowest BCUT2D eigenvalue weighted by Crippen LogP contribution is -2.35. The topological polar surface area (TPSA) is 59.4 Å². The van der Waals surface area contributed by atoms with Crippen LogP contribution in [0.3, 0.4) is 0 Å². The average molecular weight is 378 g/mol. The third-order valence-electron chi connectivity index (χ3n) is 5.18. The van der Waals surface area contributed by atoms with Crippen LogP contribution in [0.4, 0.5) is 5.69 Å². The van der Waals surface area contributed by atoms with E-state index in [9.17, 15) is 4.79 Å². The smallest absolute Gasteiger partial charge is 0.226 e. The van der Waals surface area contributed by atoms with Crippen LogP contribution in [-0.2, 0) is 22.6 Å².